The molecule has 3 heterocycles. The van der Waals surface area contributed by atoms with Crippen LogP contribution in [0.15, 0.2) is 79.0 Å². The van der Waals surface area contributed by atoms with Gasteiger partial charge in [-0.3, -0.25) is 4.79 Å². The van der Waals surface area contributed by atoms with Crippen molar-refractivity contribution in [1.82, 2.24) is 29.8 Å². The van der Waals surface area contributed by atoms with Crippen LogP contribution in [-0.2, 0) is 0 Å². The van der Waals surface area contributed by atoms with E-state index in [4.69, 9.17) is 4.74 Å². The number of carbonyl (C=O) groups is 1. The zero-order chi connectivity index (χ0) is 24.4. The standard InChI is InChI=1S/C26H23N7O2/c1-17-15-18(2)32(31-17)24-13-14-25(30-29-24)35-22-11-9-20(10-12-22)28-26(34)23-16-27-33(19(23)3)21-7-5-4-6-8-21/h4-16H,1-3H3,(H,28,34). The van der Waals surface area contributed by atoms with Crippen molar-refractivity contribution in [1.29, 1.82) is 0 Å². The average Bonchev–Trinajstić information content (AvgIpc) is 3.42. The monoisotopic (exact) mass is 465 g/mol. The van der Waals surface area contributed by atoms with E-state index < -0.39 is 0 Å². The summed E-state index contributed by atoms with van der Waals surface area (Å²) in [4.78, 5) is 12.8. The summed E-state index contributed by atoms with van der Waals surface area (Å²) in [5.74, 6) is 1.32. The minimum absolute atomic E-state index is 0.232. The third-order valence-corrected chi connectivity index (χ3v) is 5.44. The van der Waals surface area contributed by atoms with Crippen molar-refractivity contribution in [2.75, 3.05) is 5.32 Å². The smallest absolute Gasteiger partial charge is 0.259 e. The predicted molar refractivity (Wildman–Crippen MR) is 131 cm³/mol. The van der Waals surface area contributed by atoms with Crippen LogP contribution in [0.4, 0.5) is 5.69 Å². The molecule has 0 saturated carbocycles. The number of aromatic nitrogens is 6. The molecular weight excluding hydrogens is 442 g/mol. The molecule has 0 saturated heterocycles. The number of hydrogen-bond donors (Lipinski definition) is 1. The molecule has 2 aromatic carbocycles. The first-order chi connectivity index (χ1) is 17.0. The lowest BCUT2D eigenvalue weighted by molar-refractivity contribution is 0.102. The van der Waals surface area contributed by atoms with Gasteiger partial charge in [0.2, 0.25) is 5.88 Å². The molecule has 9 nitrogen and oxygen atoms in total. The third kappa shape index (κ3) is 4.65. The van der Waals surface area contributed by atoms with Gasteiger partial charge >= 0.3 is 0 Å². The Labute approximate surface area is 202 Å². The summed E-state index contributed by atoms with van der Waals surface area (Å²) in [5.41, 5.74) is 4.70. The number of amides is 1. The summed E-state index contributed by atoms with van der Waals surface area (Å²) in [6, 6.07) is 22.2. The Bertz CT molecular complexity index is 1470. The number of para-hydroxylation sites is 1. The fraction of sp³-hybridized carbons (Fsp3) is 0.115. The van der Waals surface area contributed by atoms with Crippen molar-refractivity contribution < 1.29 is 9.53 Å². The first-order valence-electron chi connectivity index (χ1n) is 11.0. The van der Waals surface area contributed by atoms with Crippen LogP contribution in [0.25, 0.3) is 11.5 Å². The zero-order valence-corrected chi connectivity index (χ0v) is 19.5. The van der Waals surface area contributed by atoms with Gasteiger partial charge in [0, 0.05) is 17.4 Å². The van der Waals surface area contributed by atoms with Gasteiger partial charge in [0.15, 0.2) is 5.82 Å². The Balaban J connectivity index is 1.24. The van der Waals surface area contributed by atoms with Gasteiger partial charge in [0.05, 0.1) is 28.8 Å². The number of aryl methyl sites for hydroxylation is 2. The first-order valence-corrected chi connectivity index (χ1v) is 11.0. The summed E-state index contributed by atoms with van der Waals surface area (Å²) in [6.07, 6.45) is 1.57. The van der Waals surface area contributed by atoms with E-state index in [2.05, 4.69) is 25.7 Å². The zero-order valence-electron chi connectivity index (χ0n) is 19.5. The van der Waals surface area contributed by atoms with Gasteiger partial charge in [-0.15, -0.1) is 10.2 Å². The van der Waals surface area contributed by atoms with Gasteiger partial charge in [0.25, 0.3) is 5.91 Å². The van der Waals surface area contributed by atoms with Crippen LogP contribution in [0.2, 0.25) is 0 Å². The van der Waals surface area contributed by atoms with Gasteiger partial charge in [0.1, 0.15) is 5.75 Å². The van der Waals surface area contributed by atoms with Gasteiger partial charge in [-0.05, 0) is 69.3 Å². The quantitative estimate of drug-likeness (QED) is 0.386. The molecule has 174 valence electrons. The molecule has 1 N–H and O–H groups in total. The Morgan fingerprint density at radius 1 is 0.886 bits per heavy atom. The highest BCUT2D eigenvalue weighted by atomic mass is 16.5. The van der Waals surface area contributed by atoms with E-state index in [0.29, 0.717) is 28.7 Å². The molecule has 0 spiro atoms. The molecule has 0 radical (unpaired) electrons. The molecule has 9 heteroatoms. The van der Waals surface area contributed by atoms with Crippen molar-refractivity contribution in [3.05, 3.63) is 102 Å². The normalized spacial score (nSPS) is 10.8. The van der Waals surface area contributed by atoms with E-state index in [1.807, 2.05) is 57.2 Å². The van der Waals surface area contributed by atoms with Gasteiger partial charge in [-0.2, -0.15) is 10.2 Å². The lowest BCUT2D eigenvalue weighted by Gasteiger charge is -2.08. The number of nitrogens with zero attached hydrogens (tertiary/aromatic N) is 6. The SMILES string of the molecule is Cc1cc(C)n(-c2ccc(Oc3ccc(NC(=O)c4cnn(-c5ccccc5)c4C)cc3)nn2)n1. The van der Waals surface area contributed by atoms with Crippen molar-refractivity contribution in [3.8, 4) is 23.1 Å². The summed E-state index contributed by atoms with van der Waals surface area (Å²) >= 11 is 0. The molecule has 3 aromatic heterocycles. The lowest BCUT2D eigenvalue weighted by Crippen LogP contribution is -2.13. The van der Waals surface area contributed by atoms with Crippen molar-refractivity contribution in [2.24, 2.45) is 0 Å². The van der Waals surface area contributed by atoms with Gasteiger partial charge < -0.3 is 10.1 Å². The highest BCUT2D eigenvalue weighted by molar-refractivity contribution is 6.05. The van der Waals surface area contributed by atoms with Gasteiger partial charge in [-0.25, -0.2) is 9.36 Å². The molecule has 0 aliphatic rings. The fourth-order valence-corrected chi connectivity index (χ4v) is 3.73. The molecule has 0 aliphatic carbocycles. The van der Waals surface area contributed by atoms with Crippen LogP contribution in [0.5, 0.6) is 11.6 Å². The van der Waals surface area contributed by atoms with Crippen molar-refractivity contribution in [3.63, 3.8) is 0 Å². The second-order valence-corrected chi connectivity index (χ2v) is 8.04. The van der Waals surface area contributed by atoms with Crippen LogP contribution in [0.1, 0.15) is 27.4 Å². The number of hydrogen-bond acceptors (Lipinski definition) is 6. The Kier molecular flexibility index (Phi) is 5.80. The number of anilines is 1. The molecule has 0 fully saturated rings. The first kappa shape index (κ1) is 22.0. The molecule has 1 amide bonds. The highest BCUT2D eigenvalue weighted by Gasteiger charge is 2.15. The summed E-state index contributed by atoms with van der Waals surface area (Å²) < 4.78 is 9.27. The molecule has 0 aliphatic heterocycles. The van der Waals surface area contributed by atoms with E-state index in [1.165, 1.54) is 0 Å². The highest BCUT2D eigenvalue weighted by Crippen LogP contribution is 2.23. The number of carbonyl (C=O) groups excluding carboxylic acids is 1. The predicted octanol–water partition coefficient (Wildman–Crippen LogP) is 4.82. The minimum atomic E-state index is -0.232. The van der Waals surface area contributed by atoms with Crippen molar-refractivity contribution >= 4 is 11.6 Å². The second-order valence-electron chi connectivity index (χ2n) is 8.04. The number of nitrogens with one attached hydrogen (secondary N) is 1. The van der Waals surface area contributed by atoms with E-state index >= 15 is 0 Å². The van der Waals surface area contributed by atoms with E-state index in [9.17, 15) is 4.79 Å². The largest absolute Gasteiger partial charge is 0.438 e. The van der Waals surface area contributed by atoms with Crippen molar-refractivity contribution in [2.45, 2.75) is 20.8 Å². The number of rotatable bonds is 6. The molecule has 0 unspecified atom stereocenters. The topological polar surface area (TPSA) is 99.8 Å². The van der Waals surface area contributed by atoms with E-state index in [0.717, 1.165) is 22.8 Å². The molecule has 0 atom stereocenters. The molecule has 5 aromatic rings. The summed E-state index contributed by atoms with van der Waals surface area (Å²) in [7, 11) is 0. The Hall–Kier alpha value is -4.79. The van der Waals surface area contributed by atoms with Crippen LogP contribution in [-0.4, -0.2) is 35.7 Å². The van der Waals surface area contributed by atoms with Crippen LogP contribution in [0, 0.1) is 20.8 Å². The Morgan fingerprint density at radius 3 is 2.31 bits per heavy atom. The second kappa shape index (κ2) is 9.22. The number of ether oxygens (including phenoxy) is 1. The van der Waals surface area contributed by atoms with Gasteiger partial charge in [-0.1, -0.05) is 18.2 Å². The maximum Gasteiger partial charge on any atom is 0.259 e. The molecule has 35 heavy (non-hydrogen) atoms. The fourth-order valence-electron chi connectivity index (χ4n) is 3.73. The molecule has 0 bridgehead atoms. The van der Waals surface area contributed by atoms with Crippen LogP contribution < -0.4 is 10.1 Å². The maximum atomic E-state index is 12.8. The summed E-state index contributed by atoms with van der Waals surface area (Å²) in [5, 5.41) is 20.0. The Morgan fingerprint density at radius 2 is 1.66 bits per heavy atom. The van der Waals surface area contributed by atoms with Crippen LogP contribution in [0.3, 0.4) is 0 Å². The average molecular weight is 466 g/mol. The number of benzene rings is 2. The van der Waals surface area contributed by atoms with E-state index in [-0.39, 0.29) is 5.91 Å². The molecule has 5 rings (SSSR count). The summed E-state index contributed by atoms with van der Waals surface area (Å²) in [6.45, 7) is 5.76. The maximum absolute atomic E-state index is 12.8. The molecular formula is C26H23N7O2. The van der Waals surface area contributed by atoms with Crippen LogP contribution >= 0.6 is 0 Å². The lowest BCUT2D eigenvalue weighted by atomic mass is 10.2. The van der Waals surface area contributed by atoms with E-state index in [1.54, 1.807) is 52.0 Å². The minimum Gasteiger partial charge on any atom is -0.438 e. The third-order valence-electron chi connectivity index (χ3n) is 5.44.